The standard InChI is InChI=1S/C24H26BrN5O4S/c1-15(2)30-21-12-17(4-5-18(21)14-26-30)23-27-24(34-28-23)16-8-10-29(11-9-16)35(31,32)22-7-6-19(33-3)13-20(22)25/h4-7,12-16H,8-11H2,1-3H3. The van der Waals surface area contributed by atoms with Gasteiger partial charge in [0.2, 0.25) is 21.7 Å². The molecule has 0 atom stereocenters. The minimum atomic E-state index is -3.63. The Hall–Kier alpha value is -2.76. The molecule has 9 nitrogen and oxygen atoms in total. The molecule has 184 valence electrons. The average Bonchev–Trinajstić information content (AvgIpc) is 3.51. The van der Waals surface area contributed by atoms with Crippen molar-refractivity contribution in [2.45, 2.75) is 43.5 Å². The van der Waals surface area contributed by atoms with E-state index in [1.165, 1.54) is 4.31 Å². The van der Waals surface area contributed by atoms with Gasteiger partial charge in [-0.2, -0.15) is 14.4 Å². The normalized spacial score (nSPS) is 15.8. The number of hydrogen-bond acceptors (Lipinski definition) is 7. The SMILES string of the molecule is COc1ccc(S(=O)(=O)N2CCC(c3nc(-c4ccc5cnn(C(C)C)c5c4)no3)CC2)c(Br)c1. The van der Waals surface area contributed by atoms with Crippen molar-refractivity contribution in [3.05, 3.63) is 53.0 Å². The van der Waals surface area contributed by atoms with E-state index in [-0.39, 0.29) is 16.9 Å². The smallest absolute Gasteiger partial charge is 0.244 e. The van der Waals surface area contributed by atoms with E-state index in [0.717, 1.165) is 16.5 Å². The Morgan fingerprint density at radius 2 is 1.91 bits per heavy atom. The molecule has 1 saturated heterocycles. The van der Waals surface area contributed by atoms with Crippen LogP contribution in [0.25, 0.3) is 22.3 Å². The van der Waals surface area contributed by atoms with Gasteiger partial charge in [0.25, 0.3) is 0 Å². The van der Waals surface area contributed by atoms with E-state index in [9.17, 15) is 8.42 Å². The molecule has 0 radical (unpaired) electrons. The fourth-order valence-electron chi connectivity index (χ4n) is 4.41. The van der Waals surface area contributed by atoms with Gasteiger partial charge in [0.15, 0.2) is 0 Å². The Kier molecular flexibility index (Phi) is 6.41. The first-order valence-electron chi connectivity index (χ1n) is 11.4. The Bertz CT molecular complexity index is 1470. The van der Waals surface area contributed by atoms with Crippen molar-refractivity contribution < 1.29 is 17.7 Å². The van der Waals surface area contributed by atoms with Crippen LogP contribution in [-0.4, -0.2) is 52.8 Å². The number of nitrogens with zero attached hydrogens (tertiary/aromatic N) is 5. The Morgan fingerprint density at radius 1 is 1.14 bits per heavy atom. The summed E-state index contributed by atoms with van der Waals surface area (Å²) < 4.78 is 41.1. The fraction of sp³-hybridized carbons (Fsp3) is 0.375. The van der Waals surface area contributed by atoms with Crippen molar-refractivity contribution in [2.24, 2.45) is 0 Å². The van der Waals surface area contributed by atoms with Crippen molar-refractivity contribution in [3.8, 4) is 17.1 Å². The number of aromatic nitrogens is 4. The second-order valence-corrected chi connectivity index (χ2v) is 11.6. The van der Waals surface area contributed by atoms with Crippen LogP contribution in [0, 0.1) is 0 Å². The molecular weight excluding hydrogens is 534 g/mol. The van der Waals surface area contributed by atoms with Crippen LogP contribution in [0.5, 0.6) is 5.75 Å². The summed E-state index contributed by atoms with van der Waals surface area (Å²) in [7, 11) is -2.09. The van der Waals surface area contributed by atoms with Crippen LogP contribution in [0.4, 0.5) is 0 Å². The summed E-state index contributed by atoms with van der Waals surface area (Å²) in [6, 6.07) is 11.1. The second-order valence-electron chi connectivity index (χ2n) is 8.89. The Morgan fingerprint density at radius 3 is 2.60 bits per heavy atom. The third kappa shape index (κ3) is 4.48. The monoisotopic (exact) mass is 559 g/mol. The van der Waals surface area contributed by atoms with Crippen molar-refractivity contribution in [2.75, 3.05) is 20.2 Å². The van der Waals surface area contributed by atoms with Crippen LogP contribution < -0.4 is 4.74 Å². The predicted octanol–water partition coefficient (Wildman–Crippen LogP) is 5.01. The Labute approximate surface area is 212 Å². The van der Waals surface area contributed by atoms with E-state index in [4.69, 9.17) is 9.26 Å². The summed E-state index contributed by atoms with van der Waals surface area (Å²) in [4.78, 5) is 4.88. The molecule has 11 heteroatoms. The summed E-state index contributed by atoms with van der Waals surface area (Å²) in [6.07, 6.45) is 3.06. The minimum absolute atomic E-state index is 0.00642. The number of piperidine rings is 1. The summed E-state index contributed by atoms with van der Waals surface area (Å²) >= 11 is 3.36. The van der Waals surface area contributed by atoms with Crippen molar-refractivity contribution in [1.29, 1.82) is 0 Å². The van der Waals surface area contributed by atoms with Gasteiger partial charge in [-0.15, -0.1) is 0 Å². The van der Waals surface area contributed by atoms with Crippen LogP contribution in [-0.2, 0) is 10.0 Å². The molecule has 5 rings (SSSR count). The number of benzene rings is 2. The maximum absolute atomic E-state index is 13.2. The summed E-state index contributed by atoms with van der Waals surface area (Å²) in [6.45, 7) is 4.93. The van der Waals surface area contributed by atoms with Gasteiger partial charge in [-0.1, -0.05) is 17.3 Å². The van der Waals surface area contributed by atoms with Crippen molar-refractivity contribution in [3.63, 3.8) is 0 Å². The van der Waals surface area contributed by atoms with Crippen LogP contribution in [0.1, 0.15) is 44.5 Å². The maximum atomic E-state index is 13.2. The first kappa shape index (κ1) is 24.0. The number of sulfonamides is 1. The van der Waals surface area contributed by atoms with Crippen LogP contribution in [0.3, 0.4) is 0 Å². The summed E-state index contributed by atoms with van der Waals surface area (Å²) in [5.74, 6) is 1.66. The van der Waals surface area contributed by atoms with Gasteiger partial charge in [-0.3, -0.25) is 4.68 Å². The van der Waals surface area contributed by atoms with Gasteiger partial charge in [0.05, 0.1) is 23.7 Å². The second kappa shape index (κ2) is 9.36. The lowest BCUT2D eigenvalue weighted by atomic mass is 9.98. The average molecular weight is 560 g/mol. The molecule has 35 heavy (non-hydrogen) atoms. The molecule has 0 amide bonds. The third-order valence-corrected chi connectivity index (χ3v) is 9.22. The van der Waals surface area contributed by atoms with E-state index in [1.807, 2.05) is 29.1 Å². The number of halogens is 1. The van der Waals surface area contributed by atoms with Gasteiger partial charge < -0.3 is 9.26 Å². The van der Waals surface area contributed by atoms with Gasteiger partial charge in [0, 0.05) is 40.5 Å². The molecule has 0 saturated carbocycles. The lowest BCUT2D eigenvalue weighted by Gasteiger charge is -2.29. The molecule has 2 aromatic heterocycles. The molecule has 1 fully saturated rings. The van der Waals surface area contributed by atoms with Gasteiger partial charge in [0.1, 0.15) is 5.75 Å². The van der Waals surface area contributed by atoms with Crippen LogP contribution in [0.15, 0.2) is 56.5 Å². The molecule has 0 N–H and O–H groups in total. The number of rotatable bonds is 6. The highest BCUT2D eigenvalue weighted by Gasteiger charge is 2.33. The molecule has 0 unspecified atom stereocenters. The lowest BCUT2D eigenvalue weighted by molar-refractivity contribution is 0.270. The molecule has 0 bridgehead atoms. The third-order valence-electron chi connectivity index (χ3n) is 6.35. The number of ether oxygens (including phenoxy) is 1. The molecule has 3 heterocycles. The van der Waals surface area contributed by atoms with Crippen molar-refractivity contribution in [1.82, 2.24) is 24.2 Å². The highest BCUT2D eigenvalue weighted by Crippen LogP contribution is 2.34. The van der Waals surface area contributed by atoms with E-state index in [1.54, 1.807) is 25.3 Å². The summed E-state index contributed by atoms with van der Waals surface area (Å²) in [5.41, 5.74) is 1.88. The number of methoxy groups -OCH3 is 1. The molecule has 0 aliphatic carbocycles. The van der Waals surface area contributed by atoms with E-state index in [2.05, 4.69) is 45.0 Å². The highest BCUT2D eigenvalue weighted by atomic mass is 79.9. The summed E-state index contributed by atoms with van der Waals surface area (Å²) in [5, 5.41) is 9.72. The predicted molar refractivity (Wildman–Crippen MR) is 135 cm³/mol. The Balaban J connectivity index is 1.31. The molecule has 2 aromatic carbocycles. The van der Waals surface area contributed by atoms with Crippen molar-refractivity contribution >= 4 is 36.9 Å². The first-order valence-corrected chi connectivity index (χ1v) is 13.7. The molecular formula is C24H26BrN5O4S. The number of fused-ring (bicyclic) bond motifs is 1. The minimum Gasteiger partial charge on any atom is -0.497 e. The van der Waals surface area contributed by atoms with Gasteiger partial charge >= 0.3 is 0 Å². The molecule has 1 aliphatic heterocycles. The zero-order valence-electron chi connectivity index (χ0n) is 19.7. The van der Waals surface area contributed by atoms with Gasteiger partial charge in [-0.05, 0) is 66.9 Å². The fourth-order valence-corrected chi connectivity index (χ4v) is 6.89. The van der Waals surface area contributed by atoms with E-state index in [0.29, 0.717) is 47.9 Å². The van der Waals surface area contributed by atoms with Gasteiger partial charge in [-0.25, -0.2) is 8.42 Å². The zero-order chi connectivity index (χ0) is 24.7. The molecule has 4 aromatic rings. The topological polar surface area (TPSA) is 103 Å². The van der Waals surface area contributed by atoms with Crippen LogP contribution >= 0.6 is 15.9 Å². The quantitative estimate of drug-likeness (QED) is 0.327. The molecule has 1 aliphatic rings. The number of hydrogen-bond donors (Lipinski definition) is 0. The van der Waals surface area contributed by atoms with Crippen LogP contribution in [0.2, 0.25) is 0 Å². The first-order chi connectivity index (χ1) is 16.8. The maximum Gasteiger partial charge on any atom is 0.244 e. The molecule has 0 spiro atoms. The largest absolute Gasteiger partial charge is 0.497 e. The lowest BCUT2D eigenvalue weighted by Crippen LogP contribution is -2.38. The highest BCUT2D eigenvalue weighted by molar-refractivity contribution is 9.10. The zero-order valence-corrected chi connectivity index (χ0v) is 22.1. The van der Waals surface area contributed by atoms with E-state index >= 15 is 0 Å². The van der Waals surface area contributed by atoms with E-state index < -0.39 is 10.0 Å².